The molecule has 0 saturated heterocycles. The first-order valence-electron chi connectivity index (χ1n) is 5.00. The van der Waals surface area contributed by atoms with Crippen LogP contribution in [0.1, 0.15) is 23.7 Å². The minimum absolute atomic E-state index is 0.125. The molecule has 0 saturated carbocycles. The van der Waals surface area contributed by atoms with Crippen LogP contribution in [-0.4, -0.2) is 21.9 Å². The topological polar surface area (TPSA) is 109 Å². The Morgan fingerprint density at radius 2 is 2.44 bits per heavy atom. The Morgan fingerprint density at radius 1 is 1.78 bits per heavy atom. The lowest BCUT2D eigenvalue weighted by molar-refractivity contribution is -0.385. The first-order valence-corrected chi connectivity index (χ1v) is 5.37. The summed E-state index contributed by atoms with van der Waals surface area (Å²) in [6.07, 6.45) is 1.38. The predicted octanol–water partition coefficient (Wildman–Crippen LogP) is 1.68. The number of halogens is 1. The highest BCUT2D eigenvalue weighted by molar-refractivity contribution is 6.32. The van der Waals surface area contributed by atoms with Gasteiger partial charge in [0.05, 0.1) is 16.6 Å². The molecule has 1 unspecified atom stereocenters. The number of nitrogens with zero attached hydrogens (tertiary/aromatic N) is 3. The first-order chi connectivity index (χ1) is 8.49. The van der Waals surface area contributed by atoms with Gasteiger partial charge >= 0.3 is 0 Å². The second-order valence-corrected chi connectivity index (χ2v) is 3.71. The third-order valence-corrected chi connectivity index (χ3v) is 2.45. The van der Waals surface area contributed by atoms with E-state index in [2.05, 4.69) is 10.3 Å². The van der Waals surface area contributed by atoms with E-state index in [9.17, 15) is 14.9 Å². The summed E-state index contributed by atoms with van der Waals surface area (Å²) in [5.74, 6) is -0.662. The SMILES string of the molecule is CCC(C#N)NC(=O)c1cc([N+](=O)[O-])cnc1Cl. The number of amides is 1. The summed E-state index contributed by atoms with van der Waals surface area (Å²) in [5.41, 5.74) is -0.464. The van der Waals surface area contributed by atoms with Crippen molar-refractivity contribution < 1.29 is 9.72 Å². The van der Waals surface area contributed by atoms with Gasteiger partial charge in [-0.2, -0.15) is 5.26 Å². The van der Waals surface area contributed by atoms with Crippen LogP contribution in [-0.2, 0) is 0 Å². The van der Waals surface area contributed by atoms with Crippen LogP contribution in [0.5, 0.6) is 0 Å². The van der Waals surface area contributed by atoms with E-state index in [0.717, 1.165) is 12.3 Å². The fourth-order valence-corrected chi connectivity index (χ4v) is 1.35. The Hall–Kier alpha value is -2.20. The number of nitrogens with one attached hydrogen (secondary N) is 1. The standard InChI is InChI=1S/C10H9ClN4O3/c1-2-6(4-12)14-10(16)8-3-7(15(17)18)5-13-9(8)11/h3,5-6H,2H2,1H3,(H,14,16). The molecule has 0 fully saturated rings. The molecule has 8 heteroatoms. The summed E-state index contributed by atoms with van der Waals surface area (Å²) in [5, 5.41) is 21.5. The number of hydrogen-bond donors (Lipinski definition) is 1. The third kappa shape index (κ3) is 3.15. The van der Waals surface area contributed by atoms with Gasteiger partial charge in [0, 0.05) is 6.07 Å². The zero-order valence-electron chi connectivity index (χ0n) is 9.38. The molecule has 1 N–H and O–H groups in total. The van der Waals surface area contributed by atoms with Crippen molar-refractivity contribution >= 4 is 23.2 Å². The molecule has 0 aliphatic rings. The Balaban J connectivity index is 3.02. The number of carbonyl (C=O) groups excluding carboxylic acids is 1. The van der Waals surface area contributed by atoms with Crippen LogP contribution in [0.4, 0.5) is 5.69 Å². The van der Waals surface area contributed by atoms with Crippen LogP contribution in [0.3, 0.4) is 0 Å². The monoisotopic (exact) mass is 268 g/mol. The summed E-state index contributed by atoms with van der Waals surface area (Å²) >= 11 is 5.69. The zero-order valence-corrected chi connectivity index (χ0v) is 10.1. The van der Waals surface area contributed by atoms with Crippen LogP contribution in [0.15, 0.2) is 12.3 Å². The van der Waals surface area contributed by atoms with E-state index >= 15 is 0 Å². The number of rotatable bonds is 4. The van der Waals surface area contributed by atoms with Gasteiger partial charge in [-0.25, -0.2) is 4.98 Å². The number of aromatic nitrogens is 1. The molecule has 1 heterocycles. The lowest BCUT2D eigenvalue weighted by Crippen LogP contribution is -2.33. The summed E-state index contributed by atoms with van der Waals surface area (Å²) in [4.78, 5) is 25.2. The molecular weight excluding hydrogens is 260 g/mol. The molecule has 7 nitrogen and oxygen atoms in total. The van der Waals surface area contributed by atoms with Crippen molar-refractivity contribution in [2.45, 2.75) is 19.4 Å². The van der Waals surface area contributed by atoms with E-state index in [0.29, 0.717) is 6.42 Å². The maximum Gasteiger partial charge on any atom is 0.288 e. The van der Waals surface area contributed by atoms with E-state index in [1.54, 1.807) is 6.92 Å². The Kier molecular flexibility index (Phi) is 4.57. The number of pyridine rings is 1. The zero-order chi connectivity index (χ0) is 13.7. The van der Waals surface area contributed by atoms with Gasteiger partial charge in [-0.05, 0) is 6.42 Å². The molecule has 0 bridgehead atoms. The molecule has 1 atom stereocenters. The minimum atomic E-state index is -0.679. The van der Waals surface area contributed by atoms with Gasteiger partial charge in [0.2, 0.25) is 0 Å². The van der Waals surface area contributed by atoms with Crippen LogP contribution in [0.2, 0.25) is 5.15 Å². The summed E-state index contributed by atoms with van der Waals surface area (Å²) < 4.78 is 0. The van der Waals surface area contributed by atoms with Crippen molar-refractivity contribution in [3.63, 3.8) is 0 Å². The quantitative estimate of drug-likeness (QED) is 0.507. The van der Waals surface area contributed by atoms with Gasteiger partial charge in [0.25, 0.3) is 11.6 Å². The largest absolute Gasteiger partial charge is 0.336 e. The molecular formula is C10H9ClN4O3. The second-order valence-electron chi connectivity index (χ2n) is 3.35. The maximum atomic E-state index is 11.8. The average molecular weight is 269 g/mol. The van der Waals surface area contributed by atoms with Crippen LogP contribution >= 0.6 is 11.6 Å². The summed E-state index contributed by atoms with van der Waals surface area (Å²) in [6, 6.07) is 2.23. The Morgan fingerprint density at radius 3 is 2.94 bits per heavy atom. The number of nitro groups is 1. The average Bonchev–Trinajstić information content (AvgIpc) is 2.35. The Bertz CT molecular complexity index is 526. The molecule has 0 aliphatic heterocycles. The van der Waals surface area contributed by atoms with Crippen molar-refractivity contribution in [2.75, 3.05) is 0 Å². The molecule has 1 aromatic heterocycles. The summed E-state index contributed by atoms with van der Waals surface area (Å²) in [6.45, 7) is 1.72. The van der Waals surface area contributed by atoms with E-state index in [1.807, 2.05) is 6.07 Å². The lowest BCUT2D eigenvalue weighted by Gasteiger charge is -2.09. The fourth-order valence-electron chi connectivity index (χ4n) is 1.16. The highest BCUT2D eigenvalue weighted by atomic mass is 35.5. The summed E-state index contributed by atoms with van der Waals surface area (Å²) in [7, 11) is 0. The van der Waals surface area contributed by atoms with E-state index < -0.39 is 16.9 Å². The van der Waals surface area contributed by atoms with Crippen molar-refractivity contribution in [3.8, 4) is 6.07 Å². The van der Waals surface area contributed by atoms with Gasteiger partial charge in [0.1, 0.15) is 17.4 Å². The molecule has 0 aromatic carbocycles. The molecule has 18 heavy (non-hydrogen) atoms. The van der Waals surface area contributed by atoms with Gasteiger partial charge in [-0.1, -0.05) is 18.5 Å². The normalized spacial score (nSPS) is 11.4. The number of nitriles is 1. The highest BCUT2D eigenvalue weighted by Gasteiger charge is 2.19. The second kappa shape index (κ2) is 5.93. The van der Waals surface area contributed by atoms with Crippen LogP contribution in [0, 0.1) is 21.4 Å². The van der Waals surface area contributed by atoms with Gasteiger partial charge in [0.15, 0.2) is 0 Å². The number of hydrogen-bond acceptors (Lipinski definition) is 5. The van der Waals surface area contributed by atoms with Gasteiger partial charge in [-0.15, -0.1) is 0 Å². The van der Waals surface area contributed by atoms with Gasteiger partial charge < -0.3 is 5.32 Å². The molecule has 94 valence electrons. The van der Waals surface area contributed by atoms with Gasteiger partial charge in [-0.3, -0.25) is 14.9 Å². The van der Waals surface area contributed by atoms with Crippen molar-refractivity contribution in [1.29, 1.82) is 5.26 Å². The third-order valence-electron chi connectivity index (χ3n) is 2.15. The van der Waals surface area contributed by atoms with Crippen molar-refractivity contribution in [2.24, 2.45) is 0 Å². The first kappa shape index (κ1) is 13.9. The predicted molar refractivity (Wildman–Crippen MR) is 63.1 cm³/mol. The van der Waals surface area contributed by atoms with Crippen molar-refractivity contribution in [1.82, 2.24) is 10.3 Å². The van der Waals surface area contributed by atoms with Crippen LogP contribution < -0.4 is 5.32 Å². The van der Waals surface area contributed by atoms with E-state index in [1.165, 1.54) is 0 Å². The molecule has 0 radical (unpaired) electrons. The van der Waals surface area contributed by atoms with Crippen LogP contribution in [0.25, 0.3) is 0 Å². The maximum absolute atomic E-state index is 11.8. The smallest absolute Gasteiger partial charge is 0.288 e. The Labute approximate surface area is 108 Å². The number of carbonyl (C=O) groups is 1. The van der Waals surface area contributed by atoms with E-state index in [-0.39, 0.29) is 16.4 Å². The fraction of sp³-hybridized carbons (Fsp3) is 0.300. The highest BCUT2D eigenvalue weighted by Crippen LogP contribution is 2.19. The molecule has 0 aliphatic carbocycles. The molecule has 1 aromatic rings. The van der Waals surface area contributed by atoms with E-state index in [4.69, 9.17) is 16.9 Å². The lowest BCUT2D eigenvalue weighted by atomic mass is 10.2. The molecule has 1 rings (SSSR count). The minimum Gasteiger partial charge on any atom is -0.336 e. The van der Waals surface area contributed by atoms with Crippen molar-refractivity contribution in [3.05, 3.63) is 33.1 Å². The molecule has 0 spiro atoms. The molecule has 1 amide bonds.